The molecule has 0 bridgehead atoms. The maximum atomic E-state index is 9.58. The fraction of sp³-hybridized carbons (Fsp3) is 0.364. The summed E-state index contributed by atoms with van der Waals surface area (Å²) < 4.78 is 0. The molecule has 18 heavy (non-hydrogen) atoms. The van der Waals surface area contributed by atoms with Gasteiger partial charge in [0.1, 0.15) is 0 Å². The molecule has 0 radical (unpaired) electrons. The molecule has 1 aliphatic rings. The zero-order valence-electron chi connectivity index (χ0n) is 9.47. The Morgan fingerprint density at radius 2 is 1.94 bits per heavy atom. The monoisotopic (exact) mass is 261 g/mol. The Kier molecular flexibility index (Phi) is 4.02. The maximum absolute atomic E-state index is 9.58. The normalized spacial score (nSPS) is 17.6. The van der Waals surface area contributed by atoms with Crippen LogP contribution in [0.15, 0.2) is 51.0 Å². The van der Waals surface area contributed by atoms with Crippen LogP contribution in [0.4, 0.5) is 0 Å². The van der Waals surface area contributed by atoms with Gasteiger partial charge in [-0.25, -0.2) is 0 Å². The van der Waals surface area contributed by atoms with Crippen LogP contribution in [0, 0.1) is 11.3 Å². The Morgan fingerprint density at radius 3 is 2.56 bits per heavy atom. The van der Waals surface area contributed by atoms with E-state index in [9.17, 15) is 5.11 Å². The van der Waals surface area contributed by atoms with Crippen LogP contribution in [0.5, 0.6) is 0 Å². The van der Waals surface area contributed by atoms with Crippen molar-refractivity contribution in [1.29, 1.82) is 5.26 Å². The van der Waals surface area contributed by atoms with E-state index < -0.39 is 11.1 Å². The van der Waals surface area contributed by atoms with Crippen LogP contribution in [0.25, 0.3) is 0 Å². The molecule has 7 heteroatoms. The highest BCUT2D eigenvalue weighted by atomic mass is 32.2. The lowest BCUT2D eigenvalue weighted by molar-refractivity contribution is 0.204. The van der Waals surface area contributed by atoms with Crippen molar-refractivity contribution in [3.8, 4) is 6.07 Å². The summed E-state index contributed by atoms with van der Waals surface area (Å²) in [5.41, 5.74) is 0.851. The van der Waals surface area contributed by atoms with E-state index in [2.05, 4.69) is 20.7 Å². The van der Waals surface area contributed by atoms with E-state index in [1.807, 2.05) is 36.4 Å². The summed E-state index contributed by atoms with van der Waals surface area (Å²) in [5, 5.41) is 33.3. The Morgan fingerprint density at radius 1 is 1.28 bits per heavy atom. The lowest BCUT2D eigenvalue weighted by atomic mass is 10.2. The summed E-state index contributed by atoms with van der Waals surface area (Å²) in [6, 6.07) is 11.3. The van der Waals surface area contributed by atoms with Crippen LogP contribution in [0.3, 0.4) is 0 Å². The minimum atomic E-state index is -0.919. The molecule has 0 saturated carbocycles. The molecular formula is C11H11N5OS. The second kappa shape index (κ2) is 5.71. The number of rotatable bonds is 5. The zero-order chi connectivity index (χ0) is 12.8. The van der Waals surface area contributed by atoms with Crippen molar-refractivity contribution in [2.75, 3.05) is 5.75 Å². The molecule has 1 atom stereocenters. The molecule has 2 rings (SSSR count). The van der Waals surface area contributed by atoms with Crippen LogP contribution in [-0.4, -0.2) is 17.0 Å². The van der Waals surface area contributed by atoms with E-state index >= 15 is 0 Å². The van der Waals surface area contributed by atoms with Crippen molar-refractivity contribution in [1.82, 2.24) is 0 Å². The summed E-state index contributed by atoms with van der Waals surface area (Å²) in [4.78, 5) is -0.919. The van der Waals surface area contributed by atoms with E-state index in [1.54, 1.807) is 0 Å². The molecule has 0 spiro atoms. The number of benzene rings is 1. The van der Waals surface area contributed by atoms with Gasteiger partial charge in [-0.1, -0.05) is 42.1 Å². The van der Waals surface area contributed by atoms with Crippen molar-refractivity contribution >= 4 is 11.8 Å². The molecule has 92 valence electrons. The summed E-state index contributed by atoms with van der Waals surface area (Å²) in [6.07, 6.45) is -0.613. The smallest absolute Gasteiger partial charge is 0.265 e. The first-order chi connectivity index (χ1) is 8.77. The summed E-state index contributed by atoms with van der Waals surface area (Å²) in [6.45, 7) is 0. The van der Waals surface area contributed by atoms with Crippen molar-refractivity contribution in [2.24, 2.45) is 20.7 Å². The second-order valence-corrected chi connectivity index (χ2v) is 4.87. The Labute approximate surface area is 108 Å². The van der Waals surface area contributed by atoms with Gasteiger partial charge < -0.3 is 5.11 Å². The second-order valence-electron chi connectivity index (χ2n) is 3.68. The van der Waals surface area contributed by atoms with Gasteiger partial charge in [0.25, 0.3) is 4.99 Å². The van der Waals surface area contributed by atoms with Crippen LogP contribution in [0.2, 0.25) is 0 Å². The fourth-order valence-corrected chi connectivity index (χ4v) is 2.50. The van der Waals surface area contributed by atoms with Crippen molar-refractivity contribution < 1.29 is 5.11 Å². The molecule has 0 amide bonds. The van der Waals surface area contributed by atoms with Gasteiger partial charge in [-0.2, -0.15) is 5.26 Å². The number of nitrogens with zero attached hydrogens (tertiary/aromatic N) is 5. The summed E-state index contributed by atoms with van der Waals surface area (Å²) in [5.74, 6) is 0.348. The highest BCUT2D eigenvalue weighted by Gasteiger charge is 2.36. The molecule has 1 aromatic carbocycles. The molecule has 1 heterocycles. The third kappa shape index (κ3) is 2.72. The molecule has 0 aromatic heterocycles. The Balaban J connectivity index is 2.12. The SMILES string of the molecule is N#CC[C@H](O)CSC1(c2ccccc2)N=NN=N1. The van der Waals surface area contributed by atoms with Gasteiger partial charge in [0.05, 0.1) is 18.6 Å². The molecule has 1 aromatic rings. The summed E-state index contributed by atoms with van der Waals surface area (Å²) in [7, 11) is 0. The number of thioether (sulfide) groups is 1. The molecule has 0 aliphatic carbocycles. The summed E-state index contributed by atoms with van der Waals surface area (Å²) >= 11 is 1.31. The largest absolute Gasteiger partial charge is 0.391 e. The van der Waals surface area contributed by atoms with Crippen molar-refractivity contribution in [3.05, 3.63) is 35.9 Å². The molecule has 6 nitrogen and oxygen atoms in total. The average molecular weight is 261 g/mol. The number of aliphatic hydroxyl groups is 1. The van der Waals surface area contributed by atoms with Gasteiger partial charge in [0.2, 0.25) is 0 Å². The minimum absolute atomic E-state index is 0.0894. The Hall–Kier alpha value is -1.78. The van der Waals surface area contributed by atoms with Gasteiger partial charge in [-0.05, 0) is 10.4 Å². The van der Waals surface area contributed by atoms with Gasteiger partial charge in [-0.3, -0.25) is 0 Å². The topological polar surface area (TPSA) is 93.5 Å². The highest BCUT2D eigenvalue weighted by Crippen LogP contribution is 2.43. The first-order valence-corrected chi connectivity index (χ1v) is 6.34. The molecule has 1 N–H and O–H groups in total. The van der Waals surface area contributed by atoms with Gasteiger partial charge in [-0.15, -0.1) is 10.2 Å². The van der Waals surface area contributed by atoms with Crippen LogP contribution < -0.4 is 0 Å². The predicted molar refractivity (Wildman–Crippen MR) is 66.5 cm³/mol. The number of aliphatic hydroxyl groups excluding tert-OH is 1. The lowest BCUT2D eigenvalue weighted by Crippen LogP contribution is -2.19. The molecule has 0 fully saturated rings. The molecule has 0 unspecified atom stereocenters. The zero-order valence-corrected chi connectivity index (χ0v) is 10.3. The van der Waals surface area contributed by atoms with Crippen LogP contribution >= 0.6 is 11.8 Å². The first-order valence-electron chi connectivity index (χ1n) is 5.35. The van der Waals surface area contributed by atoms with Crippen molar-refractivity contribution in [3.63, 3.8) is 0 Å². The molecule has 1 aliphatic heterocycles. The molecule has 0 saturated heterocycles. The van der Waals surface area contributed by atoms with E-state index in [1.165, 1.54) is 11.8 Å². The lowest BCUT2D eigenvalue weighted by Gasteiger charge is -2.20. The quantitative estimate of drug-likeness (QED) is 0.882. The first kappa shape index (κ1) is 12.7. The average Bonchev–Trinajstić information content (AvgIpc) is 2.88. The highest BCUT2D eigenvalue weighted by molar-refractivity contribution is 8.00. The molecular weight excluding hydrogens is 250 g/mol. The van der Waals surface area contributed by atoms with E-state index in [-0.39, 0.29) is 6.42 Å². The van der Waals surface area contributed by atoms with E-state index in [0.717, 1.165) is 5.56 Å². The standard InChI is InChI=1S/C11H11N5OS/c12-7-6-10(17)8-18-11(13-15-16-14-11)9-4-2-1-3-5-9/h1-5,10,17H,6,8H2/t10-/m0/s1. The maximum Gasteiger partial charge on any atom is 0.265 e. The number of hydrogen-bond acceptors (Lipinski definition) is 7. The number of hydrogen-bond donors (Lipinski definition) is 1. The van der Waals surface area contributed by atoms with Crippen molar-refractivity contribution in [2.45, 2.75) is 17.5 Å². The van der Waals surface area contributed by atoms with E-state index in [4.69, 9.17) is 5.26 Å². The third-order valence-corrected chi connectivity index (χ3v) is 3.71. The Bertz CT molecular complexity index is 484. The fourth-order valence-electron chi connectivity index (χ4n) is 1.47. The van der Waals surface area contributed by atoms with E-state index in [0.29, 0.717) is 5.75 Å². The minimum Gasteiger partial charge on any atom is -0.391 e. The van der Waals surface area contributed by atoms with Gasteiger partial charge >= 0.3 is 0 Å². The van der Waals surface area contributed by atoms with Gasteiger partial charge in [0, 0.05) is 11.3 Å². The van der Waals surface area contributed by atoms with Gasteiger partial charge in [0.15, 0.2) is 0 Å². The predicted octanol–water partition coefficient (Wildman–Crippen LogP) is 2.64. The van der Waals surface area contributed by atoms with Crippen LogP contribution in [-0.2, 0) is 4.99 Å². The van der Waals surface area contributed by atoms with Crippen LogP contribution in [0.1, 0.15) is 12.0 Å². The number of nitriles is 1. The third-order valence-electron chi connectivity index (χ3n) is 2.35.